The second-order valence-electron chi connectivity index (χ2n) is 4.58. The van der Waals surface area contributed by atoms with Crippen molar-refractivity contribution in [2.24, 2.45) is 0 Å². The molecule has 0 radical (unpaired) electrons. The van der Waals surface area contributed by atoms with Crippen LogP contribution in [-0.2, 0) is 0 Å². The van der Waals surface area contributed by atoms with Crippen molar-refractivity contribution in [3.8, 4) is 0 Å². The van der Waals surface area contributed by atoms with Gasteiger partial charge in [0.05, 0.1) is 23.7 Å². The lowest BCUT2D eigenvalue weighted by Crippen LogP contribution is -2.44. The molecule has 2 aromatic rings. The van der Waals surface area contributed by atoms with Crippen molar-refractivity contribution in [3.05, 3.63) is 28.9 Å². The number of H-pyrrole nitrogens is 1. The van der Waals surface area contributed by atoms with Gasteiger partial charge in [-0.05, 0) is 13.1 Å². The van der Waals surface area contributed by atoms with E-state index in [0.29, 0.717) is 11.0 Å². The van der Waals surface area contributed by atoms with Crippen molar-refractivity contribution >= 4 is 16.7 Å². The fourth-order valence-electron chi connectivity index (χ4n) is 2.18. The van der Waals surface area contributed by atoms with Crippen LogP contribution in [0.1, 0.15) is 0 Å². The maximum Gasteiger partial charge on any atom is 0.277 e. The highest BCUT2D eigenvalue weighted by molar-refractivity contribution is 5.76. The highest BCUT2D eigenvalue weighted by Gasteiger charge is 2.15. The molecule has 0 atom stereocenters. The minimum absolute atomic E-state index is 0.190. The first-order valence-electron chi connectivity index (χ1n) is 6.01. The van der Waals surface area contributed by atoms with Gasteiger partial charge in [0.2, 0.25) is 0 Å². The molecule has 0 unspecified atom stereocenters. The molecule has 0 aliphatic carbocycles. The van der Waals surface area contributed by atoms with E-state index in [-0.39, 0.29) is 5.56 Å². The van der Waals surface area contributed by atoms with E-state index in [9.17, 15) is 4.79 Å². The fourth-order valence-corrected chi connectivity index (χ4v) is 2.18. The van der Waals surface area contributed by atoms with E-state index in [1.165, 1.54) is 6.33 Å². The molecule has 0 bridgehead atoms. The van der Waals surface area contributed by atoms with Crippen LogP contribution in [-0.4, -0.2) is 53.1 Å². The molecule has 0 saturated carbocycles. The Labute approximate surface area is 104 Å². The first kappa shape index (κ1) is 11.2. The predicted octanol–water partition coefficient (Wildman–Crippen LogP) is 0.0699. The van der Waals surface area contributed by atoms with Crippen LogP contribution >= 0.6 is 0 Å². The van der Waals surface area contributed by atoms with E-state index in [4.69, 9.17) is 0 Å². The van der Waals surface area contributed by atoms with Crippen LogP contribution in [0.15, 0.2) is 23.4 Å². The summed E-state index contributed by atoms with van der Waals surface area (Å²) in [6, 6.07) is 1.93. The molecule has 3 rings (SSSR count). The number of anilines is 1. The Kier molecular flexibility index (Phi) is 2.71. The lowest BCUT2D eigenvalue weighted by Gasteiger charge is -2.33. The molecule has 1 saturated heterocycles. The van der Waals surface area contributed by atoms with Gasteiger partial charge in [0.25, 0.3) is 5.56 Å². The standard InChI is InChI=1S/C12H15N5O/c1-16-2-4-17(5-3-16)9-6-10-11(13-7-9)12(18)15-8-14-10/h6-8H,2-5H2,1H3,(H,14,15,18). The van der Waals surface area contributed by atoms with Crippen LogP contribution in [0, 0.1) is 0 Å². The number of nitrogens with zero attached hydrogens (tertiary/aromatic N) is 4. The Hall–Kier alpha value is -1.95. The first-order valence-corrected chi connectivity index (χ1v) is 6.01. The Morgan fingerprint density at radius 3 is 2.78 bits per heavy atom. The minimum atomic E-state index is -0.190. The summed E-state index contributed by atoms with van der Waals surface area (Å²) in [4.78, 5) is 27.0. The van der Waals surface area contributed by atoms with Crippen molar-refractivity contribution in [1.82, 2.24) is 19.9 Å². The van der Waals surface area contributed by atoms with Crippen LogP contribution in [0.3, 0.4) is 0 Å². The fraction of sp³-hybridized carbons (Fsp3) is 0.417. The number of piperazine rings is 1. The molecule has 6 nitrogen and oxygen atoms in total. The summed E-state index contributed by atoms with van der Waals surface area (Å²) in [6.07, 6.45) is 3.17. The Morgan fingerprint density at radius 2 is 2.00 bits per heavy atom. The van der Waals surface area contributed by atoms with E-state index in [1.54, 1.807) is 6.20 Å². The summed E-state index contributed by atoms with van der Waals surface area (Å²) >= 11 is 0. The molecule has 1 N–H and O–H groups in total. The van der Waals surface area contributed by atoms with Crippen LogP contribution in [0.2, 0.25) is 0 Å². The summed E-state index contributed by atoms with van der Waals surface area (Å²) < 4.78 is 0. The van der Waals surface area contributed by atoms with Gasteiger partial charge in [0, 0.05) is 26.2 Å². The van der Waals surface area contributed by atoms with Crippen molar-refractivity contribution in [2.45, 2.75) is 0 Å². The Morgan fingerprint density at radius 1 is 1.22 bits per heavy atom. The minimum Gasteiger partial charge on any atom is -0.368 e. The molecule has 1 aliphatic rings. The quantitative estimate of drug-likeness (QED) is 0.770. The maximum absolute atomic E-state index is 11.5. The second-order valence-corrected chi connectivity index (χ2v) is 4.58. The highest BCUT2D eigenvalue weighted by Crippen LogP contribution is 2.17. The monoisotopic (exact) mass is 245 g/mol. The normalized spacial score (nSPS) is 17.3. The second kappa shape index (κ2) is 4.38. The third kappa shape index (κ3) is 1.95. The van der Waals surface area contributed by atoms with Gasteiger partial charge in [0.15, 0.2) is 5.52 Å². The van der Waals surface area contributed by atoms with Gasteiger partial charge in [-0.25, -0.2) is 9.97 Å². The average Bonchev–Trinajstić information content (AvgIpc) is 2.39. The van der Waals surface area contributed by atoms with Crippen LogP contribution in [0.4, 0.5) is 5.69 Å². The van der Waals surface area contributed by atoms with Gasteiger partial charge in [-0.15, -0.1) is 0 Å². The molecule has 0 amide bonds. The van der Waals surface area contributed by atoms with Gasteiger partial charge in [-0.3, -0.25) is 4.79 Å². The average molecular weight is 245 g/mol. The number of nitrogens with one attached hydrogen (secondary N) is 1. The number of aromatic nitrogens is 3. The SMILES string of the molecule is CN1CCN(c2cnc3c(=O)[nH]cnc3c2)CC1. The first-order chi connectivity index (χ1) is 8.74. The molecule has 1 aliphatic heterocycles. The Balaban J connectivity index is 1.96. The zero-order chi connectivity index (χ0) is 12.5. The number of aromatic amines is 1. The number of likely N-dealkylation sites (N-methyl/N-ethyl adjacent to an activating group) is 1. The lowest BCUT2D eigenvalue weighted by molar-refractivity contribution is 0.313. The van der Waals surface area contributed by atoms with E-state index >= 15 is 0 Å². The topological polar surface area (TPSA) is 65.1 Å². The zero-order valence-corrected chi connectivity index (χ0v) is 10.3. The van der Waals surface area contributed by atoms with E-state index in [0.717, 1.165) is 31.9 Å². The van der Waals surface area contributed by atoms with Crippen LogP contribution in [0.5, 0.6) is 0 Å². The van der Waals surface area contributed by atoms with Gasteiger partial charge < -0.3 is 14.8 Å². The molecule has 94 valence electrons. The van der Waals surface area contributed by atoms with Gasteiger partial charge in [-0.1, -0.05) is 0 Å². The molecule has 0 spiro atoms. The van der Waals surface area contributed by atoms with Crippen molar-refractivity contribution < 1.29 is 0 Å². The molecular formula is C12H15N5O. The Bertz CT molecular complexity index is 615. The van der Waals surface area contributed by atoms with Crippen molar-refractivity contribution in [1.29, 1.82) is 0 Å². The lowest BCUT2D eigenvalue weighted by atomic mass is 10.2. The smallest absolute Gasteiger partial charge is 0.277 e. The molecular weight excluding hydrogens is 230 g/mol. The third-order valence-electron chi connectivity index (χ3n) is 3.34. The maximum atomic E-state index is 11.5. The summed E-state index contributed by atoms with van der Waals surface area (Å²) in [5, 5.41) is 0. The molecule has 0 aromatic carbocycles. The molecule has 18 heavy (non-hydrogen) atoms. The highest BCUT2D eigenvalue weighted by atomic mass is 16.1. The molecule has 1 fully saturated rings. The number of hydrogen-bond donors (Lipinski definition) is 1. The molecule has 6 heteroatoms. The van der Waals surface area contributed by atoms with Gasteiger partial charge >= 0.3 is 0 Å². The van der Waals surface area contributed by atoms with Gasteiger partial charge in [-0.2, -0.15) is 0 Å². The largest absolute Gasteiger partial charge is 0.368 e. The van der Waals surface area contributed by atoms with Gasteiger partial charge in [0.1, 0.15) is 0 Å². The predicted molar refractivity (Wildman–Crippen MR) is 69.9 cm³/mol. The summed E-state index contributed by atoms with van der Waals surface area (Å²) in [5.74, 6) is 0. The van der Waals surface area contributed by atoms with E-state index < -0.39 is 0 Å². The number of fused-ring (bicyclic) bond motifs is 1. The summed E-state index contributed by atoms with van der Waals surface area (Å²) in [7, 11) is 2.12. The summed E-state index contributed by atoms with van der Waals surface area (Å²) in [6.45, 7) is 4.04. The van der Waals surface area contributed by atoms with Crippen molar-refractivity contribution in [2.75, 3.05) is 38.1 Å². The number of hydrogen-bond acceptors (Lipinski definition) is 5. The van der Waals surface area contributed by atoms with E-state index in [1.807, 2.05) is 6.07 Å². The number of pyridine rings is 1. The zero-order valence-electron chi connectivity index (χ0n) is 10.3. The van der Waals surface area contributed by atoms with Crippen LogP contribution < -0.4 is 10.5 Å². The third-order valence-corrected chi connectivity index (χ3v) is 3.34. The molecule has 2 aromatic heterocycles. The summed E-state index contributed by atoms with van der Waals surface area (Å²) in [5.41, 5.74) is 1.89. The van der Waals surface area contributed by atoms with Crippen molar-refractivity contribution in [3.63, 3.8) is 0 Å². The van der Waals surface area contributed by atoms with Crippen LogP contribution in [0.25, 0.3) is 11.0 Å². The van der Waals surface area contributed by atoms with E-state index in [2.05, 4.69) is 31.8 Å². The number of rotatable bonds is 1. The molecule has 3 heterocycles.